The number of hydrogen-bond acceptors (Lipinski definition) is 4. The Morgan fingerprint density at radius 1 is 1.50 bits per heavy atom. The molecule has 0 bridgehead atoms. The molecule has 0 unspecified atom stereocenters. The van der Waals surface area contributed by atoms with E-state index in [0.717, 1.165) is 6.26 Å². The first-order valence-corrected chi connectivity index (χ1v) is 0.959. The van der Waals surface area contributed by atoms with Gasteiger partial charge in [-0.2, -0.15) is 10.5 Å². The molecule has 0 rings (SSSR count). The minimum absolute atomic E-state index is 0.750. The van der Waals surface area contributed by atoms with E-state index in [1.165, 1.54) is 6.19 Å². The largest absolute Gasteiger partial charge is 0.443 e. The minimum Gasteiger partial charge on any atom is -0.443 e. The summed E-state index contributed by atoms with van der Waals surface area (Å²) in [5.41, 5.74) is 4.15. The fraction of sp³-hybridized carbons (Fsp3) is 0. The van der Waals surface area contributed by atoms with Crippen LogP contribution in [0.25, 0.3) is 0 Å². The maximum absolute atomic E-state index is 7.10. The molecule has 0 saturated carbocycles. The van der Waals surface area contributed by atoms with E-state index >= 15 is 0 Å². The van der Waals surface area contributed by atoms with E-state index in [1.54, 1.807) is 0 Å². The van der Waals surface area contributed by atoms with Gasteiger partial charge in [0, 0.05) is 0 Å². The topological polar surface area (TPSA) is 93.8 Å². The van der Waals surface area contributed by atoms with E-state index in [4.69, 9.17) is 15.6 Å². The lowest BCUT2D eigenvalue weighted by Gasteiger charge is -1.25. The van der Waals surface area contributed by atoms with Crippen LogP contribution in [0.4, 0.5) is 0 Å². The predicted octanol–water partition coefficient (Wildman–Crippen LogP) is -0.734. The second-order valence-corrected chi connectivity index (χ2v) is 0.229. The lowest BCUT2D eigenvalue weighted by atomic mass is 11.5. The van der Waals surface area contributed by atoms with Crippen LogP contribution in [0, 0.1) is 23.0 Å². The van der Waals surface area contributed by atoms with Gasteiger partial charge in [0.2, 0.25) is 0 Å². The van der Waals surface area contributed by atoms with E-state index in [0.29, 0.717) is 0 Å². The van der Waals surface area contributed by atoms with Crippen molar-refractivity contribution in [2.75, 3.05) is 0 Å². The highest BCUT2D eigenvalue weighted by atomic mass is 16.2. The van der Waals surface area contributed by atoms with E-state index in [9.17, 15) is 0 Å². The molecule has 0 saturated heterocycles. The maximum Gasteiger partial charge on any atom is 0.283 e. The van der Waals surface area contributed by atoms with Gasteiger partial charge in [-0.05, 0) is 0 Å². The average Bonchev–Trinajstić information content (AvgIpc) is 1.39. The molecule has 0 aliphatic heterocycles. The average molecular weight is 85.1 g/mol. The molecule has 3 N–H and O–H groups in total. The summed E-state index contributed by atoms with van der Waals surface area (Å²) in [6, 6.07) is 0. The van der Waals surface area contributed by atoms with Crippen molar-refractivity contribution in [1.29, 1.82) is 10.5 Å². The Labute approximate surface area is 35.0 Å². The Kier molecular flexibility index (Phi) is 104. The van der Waals surface area contributed by atoms with Crippen LogP contribution in [0.3, 0.4) is 0 Å². The van der Waals surface area contributed by atoms with Crippen LogP contribution in [0.1, 0.15) is 0 Å². The molecule has 0 aromatic rings. The van der Waals surface area contributed by atoms with Crippen LogP contribution in [-0.2, 0) is 0 Å². The standard InChI is InChI=1S/CH2N2.CHNO/c2*2-1-3/h2H2;3H. The molecule has 0 fully saturated rings. The van der Waals surface area contributed by atoms with Crippen LogP contribution in [0.5, 0.6) is 0 Å². The molecule has 0 aromatic heterocycles. The maximum atomic E-state index is 7.10. The monoisotopic (exact) mass is 85.0 g/mol. The second kappa shape index (κ2) is 70.8. The van der Waals surface area contributed by atoms with Crippen LogP contribution in [-0.4, -0.2) is 5.11 Å². The van der Waals surface area contributed by atoms with Crippen LogP contribution in [0.2, 0.25) is 0 Å². The zero-order valence-corrected chi connectivity index (χ0v) is 2.92. The highest BCUT2D eigenvalue weighted by Crippen LogP contribution is 1.06. The number of aliphatic hydroxyl groups excluding tert-OH is 1. The van der Waals surface area contributed by atoms with Gasteiger partial charge in [0.05, 0.1) is 0 Å². The molecule has 32 valence electrons. The Hall–Kier alpha value is -1.42. The molecule has 0 spiro atoms. The molecule has 6 heavy (non-hydrogen) atoms. The van der Waals surface area contributed by atoms with Gasteiger partial charge in [-0.15, -0.1) is 0 Å². The number of nitrogens with two attached hydrogens (primary N) is 1. The van der Waals surface area contributed by atoms with Crippen molar-refractivity contribution in [3.05, 3.63) is 0 Å². The zero-order chi connectivity index (χ0) is 5.41. The Morgan fingerprint density at radius 2 is 1.50 bits per heavy atom. The SMILES string of the molecule is N#CN.N#CO. The van der Waals surface area contributed by atoms with Crippen molar-refractivity contribution < 1.29 is 5.11 Å². The van der Waals surface area contributed by atoms with E-state index in [1.807, 2.05) is 0 Å². The third-order valence-electron chi connectivity index (χ3n) is 0. The summed E-state index contributed by atoms with van der Waals surface area (Å²) in [5.74, 6) is 0. The fourth-order valence-electron chi connectivity index (χ4n) is 0. The summed E-state index contributed by atoms with van der Waals surface area (Å²) in [4.78, 5) is 0. The normalized spacial score (nSPS) is 2.33. The highest BCUT2D eigenvalue weighted by Gasteiger charge is 1.16. The third-order valence-corrected chi connectivity index (χ3v) is 0. The summed E-state index contributed by atoms with van der Waals surface area (Å²) in [6.45, 7) is 0. The van der Waals surface area contributed by atoms with E-state index in [-0.39, 0.29) is 0 Å². The van der Waals surface area contributed by atoms with Crippen molar-refractivity contribution in [1.82, 2.24) is 0 Å². The van der Waals surface area contributed by atoms with E-state index in [2.05, 4.69) is 5.73 Å². The highest BCUT2D eigenvalue weighted by molar-refractivity contribution is 4.46. The van der Waals surface area contributed by atoms with Crippen molar-refractivity contribution in [2.24, 2.45) is 5.73 Å². The predicted molar refractivity (Wildman–Crippen MR) is 17.3 cm³/mol. The molecular weight excluding hydrogens is 82.0 g/mol. The van der Waals surface area contributed by atoms with Gasteiger partial charge < -0.3 is 10.8 Å². The minimum atomic E-state index is 0.750. The van der Waals surface area contributed by atoms with Gasteiger partial charge in [0.1, 0.15) is 0 Å². The van der Waals surface area contributed by atoms with Crippen LogP contribution < -0.4 is 5.73 Å². The molecule has 0 aliphatic carbocycles. The number of aliphatic hydroxyl groups is 1. The Bertz CT molecular complexity index is 63.8. The van der Waals surface area contributed by atoms with Gasteiger partial charge in [-0.3, -0.25) is 0 Å². The number of rotatable bonds is 0. The second-order valence-electron chi connectivity index (χ2n) is 0.229. The summed E-state index contributed by atoms with van der Waals surface area (Å²) in [6.07, 6.45) is 2.00. The van der Waals surface area contributed by atoms with Gasteiger partial charge in [-0.25, -0.2) is 0 Å². The van der Waals surface area contributed by atoms with E-state index < -0.39 is 0 Å². The lowest BCUT2D eigenvalue weighted by Crippen LogP contribution is -1.69. The van der Waals surface area contributed by atoms with Crippen molar-refractivity contribution in [3.8, 4) is 12.4 Å². The number of hydrogen-bond donors (Lipinski definition) is 2. The third kappa shape index (κ3) is 3.19. The van der Waals surface area contributed by atoms with Crippen LogP contribution in [0.15, 0.2) is 0 Å². The first-order chi connectivity index (χ1) is 2.83. The fourth-order valence-corrected chi connectivity index (χ4v) is 0. The van der Waals surface area contributed by atoms with Crippen molar-refractivity contribution in [3.63, 3.8) is 0 Å². The molecule has 0 heterocycles. The van der Waals surface area contributed by atoms with Gasteiger partial charge in [-0.1, -0.05) is 0 Å². The molecule has 4 heteroatoms. The first-order valence-electron chi connectivity index (χ1n) is 0.959. The van der Waals surface area contributed by atoms with Crippen LogP contribution >= 0.6 is 0 Å². The molecule has 0 atom stereocenters. The summed E-state index contributed by atoms with van der Waals surface area (Å²) >= 11 is 0. The molecule has 0 radical (unpaired) electrons. The van der Waals surface area contributed by atoms with Gasteiger partial charge in [0.25, 0.3) is 6.26 Å². The summed E-state index contributed by atoms with van der Waals surface area (Å²) in [5, 5.41) is 20.8. The molecular formula is C2H3N3O. The quantitative estimate of drug-likeness (QED) is 0.299. The molecule has 0 amide bonds. The number of nitrogens with zero attached hydrogens (tertiary/aromatic N) is 2. The Balaban J connectivity index is 0. The van der Waals surface area contributed by atoms with Crippen molar-refractivity contribution in [2.45, 2.75) is 0 Å². The summed E-state index contributed by atoms with van der Waals surface area (Å²) < 4.78 is 0. The van der Waals surface area contributed by atoms with Gasteiger partial charge in [0.15, 0.2) is 6.19 Å². The number of nitriles is 2. The smallest absolute Gasteiger partial charge is 0.283 e. The first kappa shape index (κ1) is 8.82. The zero-order valence-electron chi connectivity index (χ0n) is 2.92. The Morgan fingerprint density at radius 3 is 1.50 bits per heavy atom. The molecule has 4 nitrogen and oxygen atoms in total. The van der Waals surface area contributed by atoms with Gasteiger partial charge >= 0.3 is 0 Å². The lowest BCUT2D eigenvalue weighted by molar-refractivity contribution is 0.503. The van der Waals surface area contributed by atoms with Crippen molar-refractivity contribution >= 4 is 0 Å². The summed E-state index contributed by atoms with van der Waals surface area (Å²) in [7, 11) is 0. The molecule has 0 aliphatic rings. The molecule has 0 aromatic carbocycles.